The number of benzene rings is 2. The van der Waals surface area contributed by atoms with Crippen molar-refractivity contribution in [3.63, 3.8) is 0 Å². The van der Waals surface area contributed by atoms with Crippen LogP contribution in [-0.2, 0) is 6.42 Å². The van der Waals surface area contributed by atoms with E-state index < -0.39 is 0 Å². The summed E-state index contributed by atoms with van der Waals surface area (Å²) in [5, 5.41) is 8.60. The van der Waals surface area contributed by atoms with Crippen molar-refractivity contribution in [2.75, 3.05) is 0 Å². The molecule has 0 aliphatic heterocycles. The maximum Gasteiger partial charge on any atom is 0.0895 e. The second-order valence-corrected chi connectivity index (χ2v) is 5.04. The number of hydrogen-bond donors (Lipinski definition) is 0. The third kappa shape index (κ3) is 2.99. The molecule has 3 rings (SSSR count). The van der Waals surface area contributed by atoms with Gasteiger partial charge in [0.15, 0.2) is 0 Å². The van der Waals surface area contributed by atoms with Gasteiger partial charge in [0.2, 0.25) is 0 Å². The van der Waals surface area contributed by atoms with Crippen LogP contribution in [0.5, 0.6) is 0 Å². The Morgan fingerprint density at radius 1 is 0.895 bits per heavy atom. The Bertz CT molecular complexity index is 627. The molecule has 0 bridgehead atoms. The first-order valence-electron chi connectivity index (χ1n) is 5.79. The maximum absolute atomic E-state index is 4.34. The second-order valence-electron chi connectivity index (χ2n) is 4.13. The Balaban J connectivity index is 0.00000133. The molecule has 0 heterocycles. The van der Waals surface area contributed by atoms with E-state index in [9.17, 15) is 0 Å². The maximum atomic E-state index is 4.34. The predicted octanol–water partition coefficient (Wildman–Crippen LogP) is 5.77. The number of azo groups is 1. The summed E-state index contributed by atoms with van der Waals surface area (Å²) < 4.78 is 1.05. The lowest BCUT2D eigenvalue weighted by Crippen LogP contribution is -1.80. The summed E-state index contributed by atoms with van der Waals surface area (Å²) in [7, 11) is 0. The molecule has 3 heteroatoms. The predicted molar refractivity (Wildman–Crippen MR) is 83.5 cm³/mol. The molecule has 0 saturated carbocycles. The van der Waals surface area contributed by atoms with E-state index in [1.165, 1.54) is 11.1 Å². The lowest BCUT2D eigenvalue weighted by Gasteiger charge is -1.99. The Morgan fingerprint density at radius 3 is 2.42 bits per heavy atom. The van der Waals surface area contributed by atoms with Gasteiger partial charge >= 0.3 is 0 Å². The van der Waals surface area contributed by atoms with Crippen LogP contribution < -0.4 is 0 Å². The molecule has 0 N–H and O–H groups in total. The number of hydrogen-bond acceptors (Lipinski definition) is 2. The first-order chi connectivity index (χ1) is 8.83. The van der Waals surface area contributed by atoms with E-state index in [4.69, 9.17) is 0 Å². The van der Waals surface area contributed by atoms with Crippen LogP contribution in [0.1, 0.15) is 18.6 Å². The average Bonchev–Trinajstić information content (AvgIpc) is 2.82. The molecule has 19 heavy (non-hydrogen) atoms. The van der Waals surface area contributed by atoms with Crippen molar-refractivity contribution in [3.05, 3.63) is 70.2 Å². The van der Waals surface area contributed by atoms with Gasteiger partial charge in [-0.05, 0) is 36.2 Å². The number of fused-ring (bicyclic) bond motifs is 1. The fraction of sp³-hybridized carbons (Fsp3) is 0.125. The minimum atomic E-state index is 0. The van der Waals surface area contributed by atoms with E-state index in [-0.39, 0.29) is 7.43 Å². The van der Waals surface area contributed by atoms with E-state index in [0.29, 0.717) is 0 Å². The Hall–Kier alpha value is -1.74. The van der Waals surface area contributed by atoms with Gasteiger partial charge in [0, 0.05) is 10.0 Å². The smallest absolute Gasteiger partial charge is 0.0895 e. The van der Waals surface area contributed by atoms with Crippen molar-refractivity contribution in [2.24, 2.45) is 10.2 Å². The van der Waals surface area contributed by atoms with Crippen molar-refractivity contribution in [1.82, 2.24) is 0 Å². The lowest BCUT2D eigenvalue weighted by molar-refractivity contribution is 1.24. The topological polar surface area (TPSA) is 24.7 Å². The molecular weight excluding hydrogens is 300 g/mol. The summed E-state index contributed by atoms with van der Waals surface area (Å²) >= 11 is 3.40. The van der Waals surface area contributed by atoms with Crippen LogP contribution in [0.25, 0.3) is 5.70 Å². The highest BCUT2D eigenvalue weighted by molar-refractivity contribution is 9.10. The molecule has 0 amide bonds. The highest BCUT2D eigenvalue weighted by Gasteiger charge is 2.12. The standard InChI is InChI=1S/C15H11BrN2.CH4/c16-12-6-8-13(9-7-12)17-18-15-10-5-11-3-1-2-4-14(11)15;/h1-4,6-10H,5H2;1H4. The van der Waals surface area contributed by atoms with E-state index in [1.807, 2.05) is 30.3 Å². The van der Waals surface area contributed by atoms with Crippen molar-refractivity contribution in [1.29, 1.82) is 0 Å². The van der Waals surface area contributed by atoms with E-state index in [0.717, 1.165) is 22.3 Å². The molecule has 0 atom stereocenters. The fourth-order valence-corrected chi connectivity index (χ4v) is 2.24. The van der Waals surface area contributed by atoms with E-state index >= 15 is 0 Å². The molecule has 0 aromatic heterocycles. The van der Waals surface area contributed by atoms with Crippen molar-refractivity contribution in [3.8, 4) is 0 Å². The summed E-state index contributed by atoms with van der Waals surface area (Å²) in [6.45, 7) is 0. The highest BCUT2D eigenvalue weighted by Crippen LogP contribution is 2.29. The van der Waals surface area contributed by atoms with Crippen LogP contribution in [0.3, 0.4) is 0 Å². The molecule has 1 aliphatic carbocycles. The van der Waals surface area contributed by atoms with E-state index in [2.05, 4.69) is 50.4 Å². The van der Waals surface area contributed by atoms with E-state index in [1.54, 1.807) is 0 Å². The zero-order chi connectivity index (χ0) is 12.4. The number of nitrogens with zero attached hydrogens (tertiary/aromatic N) is 2. The van der Waals surface area contributed by atoms with Crippen LogP contribution in [0.4, 0.5) is 5.69 Å². The van der Waals surface area contributed by atoms with Crippen LogP contribution in [0, 0.1) is 0 Å². The van der Waals surface area contributed by atoms with Gasteiger partial charge in [-0.25, -0.2) is 0 Å². The van der Waals surface area contributed by atoms with Crippen LogP contribution in [0.15, 0.2) is 69.3 Å². The minimum absolute atomic E-state index is 0. The van der Waals surface area contributed by atoms with Gasteiger partial charge in [-0.2, -0.15) is 10.2 Å². The third-order valence-electron chi connectivity index (χ3n) is 2.91. The normalized spacial score (nSPS) is 13.0. The van der Waals surface area contributed by atoms with Gasteiger partial charge in [0.1, 0.15) is 0 Å². The zero-order valence-corrected chi connectivity index (χ0v) is 11.3. The van der Waals surface area contributed by atoms with Gasteiger partial charge in [0.05, 0.1) is 11.4 Å². The monoisotopic (exact) mass is 314 g/mol. The highest BCUT2D eigenvalue weighted by atomic mass is 79.9. The Morgan fingerprint density at radius 2 is 1.63 bits per heavy atom. The molecule has 96 valence electrons. The summed E-state index contributed by atoms with van der Waals surface area (Å²) in [5.41, 5.74) is 4.35. The molecule has 0 radical (unpaired) electrons. The summed E-state index contributed by atoms with van der Waals surface area (Å²) in [6, 6.07) is 16.1. The van der Waals surface area contributed by atoms with Gasteiger partial charge < -0.3 is 0 Å². The molecule has 2 aromatic carbocycles. The van der Waals surface area contributed by atoms with Crippen molar-refractivity contribution in [2.45, 2.75) is 13.8 Å². The van der Waals surface area contributed by atoms with Crippen molar-refractivity contribution >= 4 is 27.3 Å². The summed E-state index contributed by atoms with van der Waals surface area (Å²) in [6.07, 6.45) is 3.07. The van der Waals surface area contributed by atoms with Gasteiger partial charge in [-0.3, -0.25) is 0 Å². The molecule has 2 aromatic rings. The Kier molecular flexibility index (Phi) is 4.27. The van der Waals surface area contributed by atoms with Crippen LogP contribution in [0.2, 0.25) is 0 Å². The van der Waals surface area contributed by atoms with Crippen LogP contribution >= 0.6 is 15.9 Å². The molecule has 0 fully saturated rings. The molecule has 0 unspecified atom stereocenters. The van der Waals surface area contributed by atoms with Gasteiger partial charge in [0.25, 0.3) is 0 Å². The number of rotatable bonds is 2. The minimum Gasteiger partial charge on any atom is -0.151 e. The number of allylic oxidation sites excluding steroid dienone is 1. The largest absolute Gasteiger partial charge is 0.151 e. The zero-order valence-electron chi connectivity index (χ0n) is 9.68. The van der Waals surface area contributed by atoms with Gasteiger partial charge in [-0.1, -0.05) is 53.7 Å². The molecule has 1 aliphatic rings. The van der Waals surface area contributed by atoms with Crippen LogP contribution in [-0.4, -0.2) is 0 Å². The average molecular weight is 315 g/mol. The van der Waals surface area contributed by atoms with Gasteiger partial charge in [-0.15, -0.1) is 0 Å². The summed E-state index contributed by atoms with van der Waals surface area (Å²) in [4.78, 5) is 0. The Labute approximate surface area is 122 Å². The molecule has 0 spiro atoms. The molecule has 2 nitrogen and oxygen atoms in total. The second kappa shape index (κ2) is 5.93. The number of halogens is 1. The third-order valence-corrected chi connectivity index (χ3v) is 3.44. The molecule has 0 saturated heterocycles. The molecular formula is C16H15BrN2. The quantitative estimate of drug-likeness (QED) is 0.629. The fourth-order valence-electron chi connectivity index (χ4n) is 1.98. The SMILES string of the molecule is Brc1ccc(N=NC2=CCc3ccccc32)cc1.C. The lowest BCUT2D eigenvalue weighted by atomic mass is 10.1. The first-order valence-corrected chi connectivity index (χ1v) is 6.58. The summed E-state index contributed by atoms with van der Waals surface area (Å²) in [5.74, 6) is 0. The van der Waals surface area contributed by atoms with Crippen molar-refractivity contribution < 1.29 is 0 Å². The first kappa shape index (κ1) is 13.7.